The van der Waals surface area contributed by atoms with E-state index in [9.17, 15) is 9.59 Å². The number of piperazine rings is 2. The van der Waals surface area contributed by atoms with Crippen molar-refractivity contribution in [1.29, 1.82) is 0 Å². The van der Waals surface area contributed by atoms with E-state index in [1.807, 2.05) is 18.2 Å². The fraction of sp³-hybridized carbons (Fsp3) is 0.440. The van der Waals surface area contributed by atoms with Gasteiger partial charge in [-0.15, -0.1) is 0 Å². The molecule has 0 N–H and O–H groups in total. The molecule has 2 aromatic rings. The minimum absolute atomic E-state index is 0.348. The summed E-state index contributed by atoms with van der Waals surface area (Å²) in [5, 5.41) is 0. The smallest absolute Gasteiger partial charge is 0.312 e. The van der Waals surface area contributed by atoms with Crippen LogP contribution in [0.1, 0.15) is 16.7 Å². The van der Waals surface area contributed by atoms with Gasteiger partial charge in [0.2, 0.25) is 0 Å². The van der Waals surface area contributed by atoms with Crippen molar-refractivity contribution in [3.63, 3.8) is 0 Å². The Morgan fingerprint density at radius 3 is 1.90 bits per heavy atom. The van der Waals surface area contributed by atoms with Gasteiger partial charge in [0.1, 0.15) is 0 Å². The van der Waals surface area contributed by atoms with Crippen molar-refractivity contribution in [2.45, 2.75) is 20.4 Å². The van der Waals surface area contributed by atoms with Gasteiger partial charge >= 0.3 is 11.8 Å². The molecular formula is C25H32N4O2. The molecule has 0 aliphatic carbocycles. The molecule has 2 aliphatic heterocycles. The van der Waals surface area contributed by atoms with Gasteiger partial charge in [0.05, 0.1) is 0 Å². The standard InChI is InChI=1S/C25H32N4O2/c1-20-7-6-10-23(21(20)2)27-15-17-29(18-16-27)25(31)24(30)28-13-11-26(12-14-28)19-22-8-4-3-5-9-22/h3-10H,11-19H2,1-2H3. The fourth-order valence-electron chi connectivity index (χ4n) is 4.45. The minimum Gasteiger partial charge on any atom is -0.368 e. The molecular weight excluding hydrogens is 388 g/mol. The third-order valence-corrected chi connectivity index (χ3v) is 6.58. The van der Waals surface area contributed by atoms with Gasteiger partial charge in [0.25, 0.3) is 0 Å². The van der Waals surface area contributed by atoms with Crippen LogP contribution in [0.3, 0.4) is 0 Å². The predicted octanol–water partition coefficient (Wildman–Crippen LogP) is 2.30. The van der Waals surface area contributed by atoms with Gasteiger partial charge in [-0.3, -0.25) is 14.5 Å². The van der Waals surface area contributed by atoms with E-state index in [-0.39, 0.29) is 11.8 Å². The molecule has 0 saturated carbocycles. The van der Waals surface area contributed by atoms with E-state index in [0.717, 1.165) is 32.7 Å². The molecule has 0 unspecified atom stereocenters. The number of anilines is 1. The number of carbonyl (C=O) groups excluding carboxylic acids is 2. The van der Waals surface area contributed by atoms with Gasteiger partial charge in [-0.2, -0.15) is 0 Å². The van der Waals surface area contributed by atoms with Crippen molar-refractivity contribution in [1.82, 2.24) is 14.7 Å². The summed E-state index contributed by atoms with van der Waals surface area (Å²) in [4.78, 5) is 33.8. The SMILES string of the molecule is Cc1cccc(N2CCN(C(=O)C(=O)N3CCN(Cc4ccccc4)CC3)CC2)c1C. The summed E-state index contributed by atoms with van der Waals surface area (Å²) in [6.07, 6.45) is 0. The van der Waals surface area contributed by atoms with Crippen LogP contribution in [-0.4, -0.2) is 78.9 Å². The average molecular weight is 421 g/mol. The predicted molar refractivity (Wildman–Crippen MR) is 123 cm³/mol. The Kier molecular flexibility index (Phi) is 6.56. The molecule has 0 aromatic heterocycles. The molecule has 0 spiro atoms. The van der Waals surface area contributed by atoms with E-state index in [0.29, 0.717) is 26.2 Å². The highest BCUT2D eigenvalue weighted by Gasteiger charge is 2.31. The van der Waals surface area contributed by atoms with Crippen LogP contribution in [0.2, 0.25) is 0 Å². The Bertz CT molecular complexity index is 914. The first-order valence-corrected chi connectivity index (χ1v) is 11.2. The summed E-state index contributed by atoms with van der Waals surface area (Å²) in [7, 11) is 0. The zero-order valence-electron chi connectivity index (χ0n) is 18.6. The second kappa shape index (κ2) is 9.52. The highest BCUT2D eigenvalue weighted by atomic mass is 16.2. The Morgan fingerprint density at radius 1 is 0.710 bits per heavy atom. The molecule has 0 radical (unpaired) electrons. The second-order valence-electron chi connectivity index (χ2n) is 8.55. The molecule has 2 aromatic carbocycles. The molecule has 2 aliphatic rings. The molecule has 0 atom stereocenters. The van der Waals surface area contributed by atoms with Gasteiger partial charge in [-0.05, 0) is 36.6 Å². The Labute approximate surface area is 185 Å². The molecule has 6 nitrogen and oxygen atoms in total. The maximum atomic E-state index is 12.8. The average Bonchev–Trinajstić information content (AvgIpc) is 2.81. The zero-order valence-corrected chi connectivity index (χ0v) is 18.6. The van der Waals surface area contributed by atoms with Crippen LogP contribution in [0.15, 0.2) is 48.5 Å². The van der Waals surface area contributed by atoms with Crippen LogP contribution in [0.4, 0.5) is 5.69 Å². The van der Waals surface area contributed by atoms with Gasteiger partial charge in [-0.1, -0.05) is 42.5 Å². The van der Waals surface area contributed by atoms with Crippen molar-refractivity contribution >= 4 is 17.5 Å². The van der Waals surface area contributed by atoms with E-state index in [4.69, 9.17) is 0 Å². The number of aryl methyl sites for hydroxylation is 1. The molecule has 2 saturated heterocycles. The maximum Gasteiger partial charge on any atom is 0.312 e. The first-order valence-electron chi connectivity index (χ1n) is 11.2. The van der Waals surface area contributed by atoms with E-state index in [2.05, 4.69) is 54.0 Å². The fourth-order valence-corrected chi connectivity index (χ4v) is 4.45. The maximum absolute atomic E-state index is 12.8. The highest BCUT2D eigenvalue weighted by Crippen LogP contribution is 2.24. The van der Waals surface area contributed by atoms with Crippen LogP contribution >= 0.6 is 0 Å². The van der Waals surface area contributed by atoms with Gasteiger partial charge in [-0.25, -0.2) is 0 Å². The highest BCUT2D eigenvalue weighted by molar-refractivity contribution is 6.35. The van der Waals surface area contributed by atoms with Crippen LogP contribution in [0, 0.1) is 13.8 Å². The van der Waals surface area contributed by atoms with E-state index in [1.54, 1.807) is 9.80 Å². The summed E-state index contributed by atoms with van der Waals surface area (Å²) in [5.74, 6) is -0.698. The second-order valence-corrected chi connectivity index (χ2v) is 8.55. The first-order chi connectivity index (χ1) is 15.0. The van der Waals surface area contributed by atoms with Crippen LogP contribution in [0.25, 0.3) is 0 Å². The lowest BCUT2D eigenvalue weighted by molar-refractivity contribution is -0.153. The summed E-state index contributed by atoms with van der Waals surface area (Å²) in [6.45, 7) is 10.7. The van der Waals surface area contributed by atoms with Crippen molar-refractivity contribution in [3.8, 4) is 0 Å². The van der Waals surface area contributed by atoms with E-state index >= 15 is 0 Å². The summed E-state index contributed by atoms with van der Waals surface area (Å²) in [6, 6.07) is 16.7. The molecule has 2 fully saturated rings. The van der Waals surface area contributed by atoms with Gasteiger partial charge < -0.3 is 14.7 Å². The molecule has 31 heavy (non-hydrogen) atoms. The number of rotatable bonds is 3. The molecule has 2 heterocycles. The summed E-state index contributed by atoms with van der Waals surface area (Å²) in [5.41, 5.74) is 5.07. The molecule has 2 amide bonds. The van der Waals surface area contributed by atoms with Crippen molar-refractivity contribution in [2.75, 3.05) is 57.3 Å². The lowest BCUT2D eigenvalue weighted by Gasteiger charge is -2.38. The Balaban J connectivity index is 1.26. The normalized spacial score (nSPS) is 17.7. The number of benzene rings is 2. The Morgan fingerprint density at radius 2 is 1.29 bits per heavy atom. The number of carbonyl (C=O) groups is 2. The van der Waals surface area contributed by atoms with Gasteiger partial charge in [0.15, 0.2) is 0 Å². The van der Waals surface area contributed by atoms with Crippen molar-refractivity contribution < 1.29 is 9.59 Å². The van der Waals surface area contributed by atoms with Crippen LogP contribution in [0.5, 0.6) is 0 Å². The third kappa shape index (κ3) is 4.90. The third-order valence-electron chi connectivity index (χ3n) is 6.58. The van der Waals surface area contributed by atoms with E-state index < -0.39 is 0 Å². The largest absolute Gasteiger partial charge is 0.368 e. The lowest BCUT2D eigenvalue weighted by atomic mass is 10.1. The number of hydrogen-bond acceptors (Lipinski definition) is 4. The van der Waals surface area contributed by atoms with Crippen LogP contribution < -0.4 is 4.90 Å². The Hall–Kier alpha value is -2.86. The topological polar surface area (TPSA) is 47.1 Å². The molecule has 6 heteroatoms. The quantitative estimate of drug-likeness (QED) is 0.715. The molecule has 164 valence electrons. The van der Waals surface area contributed by atoms with Crippen molar-refractivity contribution in [3.05, 3.63) is 65.2 Å². The number of amides is 2. The summed E-state index contributed by atoms with van der Waals surface area (Å²) >= 11 is 0. The lowest BCUT2D eigenvalue weighted by Crippen LogP contribution is -2.56. The first kappa shape index (κ1) is 21.4. The van der Waals surface area contributed by atoms with Gasteiger partial charge in [0, 0.05) is 64.6 Å². The number of hydrogen-bond donors (Lipinski definition) is 0. The molecule has 4 rings (SSSR count). The number of nitrogens with zero attached hydrogens (tertiary/aromatic N) is 4. The minimum atomic E-state index is -0.350. The molecule has 0 bridgehead atoms. The monoisotopic (exact) mass is 420 g/mol. The zero-order chi connectivity index (χ0) is 21.8. The van der Waals surface area contributed by atoms with Crippen molar-refractivity contribution in [2.24, 2.45) is 0 Å². The summed E-state index contributed by atoms with van der Waals surface area (Å²) < 4.78 is 0. The van der Waals surface area contributed by atoms with E-state index in [1.165, 1.54) is 22.4 Å². The van der Waals surface area contributed by atoms with Crippen LogP contribution in [-0.2, 0) is 16.1 Å².